The van der Waals surface area contributed by atoms with Gasteiger partial charge in [0, 0.05) is 33.3 Å². The van der Waals surface area contributed by atoms with E-state index in [9.17, 15) is 0 Å². The second kappa shape index (κ2) is 13.0. The average Bonchev–Trinajstić information content (AvgIpc) is 3.79. The summed E-state index contributed by atoms with van der Waals surface area (Å²) in [4.78, 5) is 2.44. The van der Waals surface area contributed by atoms with Crippen molar-refractivity contribution in [2.45, 2.75) is 57.8 Å². The molecule has 0 saturated carbocycles. The third-order valence-electron chi connectivity index (χ3n) is 14.9. The molecule has 3 aliphatic rings. The van der Waals surface area contributed by atoms with Crippen LogP contribution < -0.4 is 4.90 Å². The molecule has 0 saturated heterocycles. The molecule has 1 heteroatoms. The van der Waals surface area contributed by atoms with Crippen molar-refractivity contribution < 1.29 is 0 Å². The van der Waals surface area contributed by atoms with Gasteiger partial charge in [0.05, 0.1) is 0 Å². The Bertz CT molecular complexity index is 3290. The zero-order valence-electron chi connectivity index (χ0n) is 36.3. The minimum atomic E-state index is -0.147. The Hall–Kier alpha value is -6.96. The lowest BCUT2D eigenvalue weighted by atomic mass is 9.76. The summed E-state index contributed by atoms with van der Waals surface area (Å²) in [5.41, 5.74) is 24.6. The van der Waals surface area contributed by atoms with Crippen LogP contribution in [-0.2, 0) is 16.2 Å². The van der Waals surface area contributed by atoms with Crippen molar-refractivity contribution in [2.24, 2.45) is 0 Å². The van der Waals surface area contributed by atoms with E-state index in [0.717, 1.165) is 17.1 Å². The molecule has 0 bridgehead atoms. The van der Waals surface area contributed by atoms with Crippen LogP contribution in [0.3, 0.4) is 0 Å². The molecule has 298 valence electrons. The molecule has 0 aliphatic heterocycles. The molecule has 0 fully saturated rings. The van der Waals surface area contributed by atoms with Crippen LogP contribution in [0.5, 0.6) is 0 Å². The minimum absolute atomic E-state index is 0.104. The predicted molar refractivity (Wildman–Crippen MR) is 262 cm³/mol. The first-order valence-corrected chi connectivity index (χ1v) is 22.2. The van der Waals surface area contributed by atoms with Crippen molar-refractivity contribution in [3.63, 3.8) is 0 Å². The first kappa shape index (κ1) is 36.9. The number of hydrogen-bond donors (Lipinski definition) is 0. The molecule has 0 radical (unpaired) electrons. The molecular formula is C61H49N. The highest BCUT2D eigenvalue weighted by Gasteiger charge is 2.42. The maximum absolute atomic E-state index is 2.52. The van der Waals surface area contributed by atoms with Crippen LogP contribution in [0.1, 0.15) is 74.9 Å². The van der Waals surface area contributed by atoms with Crippen LogP contribution in [-0.4, -0.2) is 0 Å². The predicted octanol–water partition coefficient (Wildman–Crippen LogP) is 16.6. The topological polar surface area (TPSA) is 3.24 Å². The van der Waals surface area contributed by atoms with Gasteiger partial charge in [-0.05, 0) is 142 Å². The molecule has 62 heavy (non-hydrogen) atoms. The van der Waals surface area contributed by atoms with Crippen molar-refractivity contribution in [2.75, 3.05) is 4.90 Å². The maximum Gasteiger partial charge on any atom is 0.0465 e. The second-order valence-corrected chi connectivity index (χ2v) is 19.3. The molecule has 0 unspecified atom stereocenters. The fraction of sp³-hybridized carbons (Fsp3) is 0.148. The van der Waals surface area contributed by atoms with Crippen LogP contribution in [0.15, 0.2) is 188 Å². The number of rotatable bonds is 5. The van der Waals surface area contributed by atoms with Crippen molar-refractivity contribution in [3.05, 3.63) is 221 Å². The number of anilines is 3. The molecule has 0 N–H and O–H groups in total. The lowest BCUT2D eigenvalue weighted by Crippen LogP contribution is -2.17. The first-order valence-electron chi connectivity index (χ1n) is 22.2. The Morgan fingerprint density at radius 2 is 0.774 bits per heavy atom. The molecule has 1 nitrogen and oxygen atoms in total. The van der Waals surface area contributed by atoms with E-state index in [4.69, 9.17) is 0 Å². The molecule has 0 aromatic heterocycles. The van der Waals surface area contributed by atoms with Crippen LogP contribution in [0.25, 0.3) is 66.4 Å². The largest absolute Gasteiger partial charge is 0.310 e. The zero-order valence-corrected chi connectivity index (χ0v) is 36.3. The fourth-order valence-electron chi connectivity index (χ4n) is 11.7. The van der Waals surface area contributed by atoms with Gasteiger partial charge in [0.25, 0.3) is 0 Å². The van der Waals surface area contributed by atoms with Gasteiger partial charge in [-0.1, -0.05) is 187 Å². The monoisotopic (exact) mass is 795 g/mol. The Morgan fingerprint density at radius 3 is 1.44 bits per heavy atom. The number of fused-ring (bicyclic) bond motifs is 12. The smallest absolute Gasteiger partial charge is 0.0465 e. The summed E-state index contributed by atoms with van der Waals surface area (Å²) in [5.74, 6) is 0. The highest BCUT2D eigenvalue weighted by molar-refractivity contribution is 6.14. The molecule has 12 rings (SSSR count). The quantitative estimate of drug-likeness (QED) is 0.168. The molecule has 3 aliphatic carbocycles. The highest BCUT2D eigenvalue weighted by Crippen LogP contribution is 2.59. The Labute approximate surface area is 366 Å². The Morgan fingerprint density at radius 1 is 0.306 bits per heavy atom. The van der Waals surface area contributed by atoms with E-state index in [2.05, 4.69) is 234 Å². The molecule has 0 heterocycles. The van der Waals surface area contributed by atoms with Gasteiger partial charge in [-0.2, -0.15) is 0 Å². The second-order valence-electron chi connectivity index (χ2n) is 19.3. The van der Waals surface area contributed by atoms with Gasteiger partial charge in [0.1, 0.15) is 0 Å². The average molecular weight is 796 g/mol. The van der Waals surface area contributed by atoms with Crippen LogP contribution in [0.2, 0.25) is 0 Å². The van der Waals surface area contributed by atoms with Crippen LogP contribution >= 0.6 is 0 Å². The lowest BCUT2D eigenvalue weighted by Gasteiger charge is -2.29. The van der Waals surface area contributed by atoms with Crippen molar-refractivity contribution in [1.82, 2.24) is 0 Å². The van der Waals surface area contributed by atoms with Crippen molar-refractivity contribution in [3.8, 4) is 55.6 Å². The molecule has 9 aromatic rings. The Kier molecular flexibility index (Phi) is 7.74. The standard InChI is InChI=1S/C61H49N/c1-59(2)51-21-13-10-18-44(51)46-33-32-43(36-54(46)59)62(41-28-24-39(25-29-41)38-16-8-7-9-17-38)42-30-26-40(27-31-42)50-37-55-56(49-20-12-15-23-53(49)60(55,3)4)57-47(50)34-35-48-45-19-11-14-22-52(45)61(5,6)58(48)57/h7-37H,1-6H3. The minimum Gasteiger partial charge on any atom is -0.310 e. The van der Waals surface area contributed by atoms with Gasteiger partial charge >= 0.3 is 0 Å². The maximum atomic E-state index is 2.52. The summed E-state index contributed by atoms with van der Waals surface area (Å²) in [5, 5.41) is 2.72. The number of hydrogen-bond acceptors (Lipinski definition) is 1. The number of benzene rings is 9. The van der Waals surface area contributed by atoms with Gasteiger partial charge in [0.2, 0.25) is 0 Å². The van der Waals surface area contributed by atoms with Crippen LogP contribution in [0.4, 0.5) is 17.1 Å². The van der Waals surface area contributed by atoms with Gasteiger partial charge in [0.15, 0.2) is 0 Å². The van der Waals surface area contributed by atoms with Gasteiger partial charge in [-0.25, -0.2) is 0 Å². The molecular weight excluding hydrogens is 747 g/mol. The summed E-state index contributed by atoms with van der Waals surface area (Å²) in [6.07, 6.45) is 0. The van der Waals surface area contributed by atoms with E-state index >= 15 is 0 Å². The van der Waals surface area contributed by atoms with E-state index in [1.807, 2.05) is 0 Å². The molecule has 0 amide bonds. The van der Waals surface area contributed by atoms with E-state index in [1.54, 1.807) is 0 Å². The van der Waals surface area contributed by atoms with E-state index in [1.165, 1.54) is 99.8 Å². The van der Waals surface area contributed by atoms with Gasteiger partial charge in [-0.3, -0.25) is 0 Å². The molecule has 0 atom stereocenters. The van der Waals surface area contributed by atoms with Gasteiger partial charge < -0.3 is 4.90 Å². The first-order chi connectivity index (χ1) is 30.0. The van der Waals surface area contributed by atoms with E-state index in [-0.39, 0.29) is 16.2 Å². The third-order valence-corrected chi connectivity index (χ3v) is 14.9. The fourth-order valence-corrected chi connectivity index (χ4v) is 11.7. The summed E-state index contributed by atoms with van der Waals surface area (Å²) < 4.78 is 0. The molecule has 0 spiro atoms. The normalized spacial score (nSPS) is 15.3. The molecule has 9 aromatic carbocycles. The van der Waals surface area contributed by atoms with E-state index < -0.39 is 0 Å². The van der Waals surface area contributed by atoms with Crippen molar-refractivity contribution in [1.29, 1.82) is 0 Å². The van der Waals surface area contributed by atoms with E-state index in [0.29, 0.717) is 0 Å². The summed E-state index contributed by atoms with van der Waals surface area (Å²) in [6, 6.07) is 70.6. The number of nitrogens with zero attached hydrogens (tertiary/aromatic N) is 1. The zero-order chi connectivity index (χ0) is 42.1. The summed E-state index contributed by atoms with van der Waals surface area (Å²) in [7, 11) is 0. The van der Waals surface area contributed by atoms with Crippen LogP contribution in [0, 0.1) is 0 Å². The SMILES string of the molecule is CC1(C)c2ccccc2-c2ccc(N(c3ccc(-c4ccccc4)cc3)c3ccc(-c4cc5c(c6c7c(ccc46)-c4ccccc4C7(C)C)-c4ccccc4C5(C)C)cc3)cc21. The van der Waals surface area contributed by atoms with Gasteiger partial charge in [-0.15, -0.1) is 0 Å². The Balaban J connectivity index is 1.04. The van der Waals surface area contributed by atoms with Crippen molar-refractivity contribution >= 4 is 27.8 Å². The third kappa shape index (κ3) is 5.09. The lowest BCUT2D eigenvalue weighted by molar-refractivity contribution is 0.659. The summed E-state index contributed by atoms with van der Waals surface area (Å²) >= 11 is 0. The highest BCUT2D eigenvalue weighted by atomic mass is 15.1. The summed E-state index contributed by atoms with van der Waals surface area (Å²) in [6.45, 7) is 14.4.